The minimum Gasteiger partial charge on any atom is -0.511 e. The number of carbonyl (C=O) groups excluding carboxylic acids is 2. The van der Waals surface area contributed by atoms with E-state index in [4.69, 9.17) is 32.5 Å². The van der Waals surface area contributed by atoms with Gasteiger partial charge in [0.25, 0.3) is 0 Å². The first-order valence-corrected chi connectivity index (χ1v) is 18.6. The topological polar surface area (TPSA) is 242 Å². The average molecular weight is 819 g/mol. The zero-order chi connectivity index (χ0) is 42.5. The smallest absolute Gasteiger partial charge is 0.204 e. The maximum atomic E-state index is 14.4. The summed E-state index contributed by atoms with van der Waals surface area (Å²) in [7, 11) is 2.67. The standard InChI is InChI=1S/C44H34O16/c1-16-37(17(2)45)35(15-36-38(16)44(53)39-24(50)5-18(46)6-30(39)59-36)60-34-10-20(48)8-32-41(34)43(52)22-12-28(55-4)29(14-26(22)57-32)58-33-9-19(47)7-31-40(33)42(51)21-11-27(54-3)23(49)13-25(21)56-31/h6-16,18,21,25,37,46-50H,5H2,1-4H3. The van der Waals surface area contributed by atoms with E-state index in [-0.39, 0.29) is 119 Å². The van der Waals surface area contributed by atoms with Gasteiger partial charge in [-0.05, 0) is 25.1 Å². The Morgan fingerprint density at radius 3 is 2.28 bits per heavy atom. The van der Waals surface area contributed by atoms with Crippen molar-refractivity contribution in [2.24, 2.45) is 11.8 Å². The number of ether oxygens (including phenoxy) is 5. The molecule has 5 aromatic rings. The Hall–Kier alpha value is -7.46. The van der Waals surface area contributed by atoms with Gasteiger partial charge in [0, 0.05) is 60.4 Å². The molecule has 0 saturated carbocycles. The molecule has 4 aliphatic rings. The molecule has 16 nitrogen and oxygen atoms in total. The molecule has 60 heavy (non-hydrogen) atoms. The van der Waals surface area contributed by atoms with Crippen molar-refractivity contribution in [3.8, 4) is 40.2 Å². The van der Waals surface area contributed by atoms with Crippen LogP contribution in [0.5, 0.6) is 40.2 Å². The van der Waals surface area contributed by atoms with Crippen LogP contribution in [0, 0.1) is 11.8 Å². The zero-order valence-corrected chi connectivity index (χ0v) is 32.1. The molecule has 0 fully saturated rings. The van der Waals surface area contributed by atoms with E-state index in [0.717, 1.165) is 0 Å². The normalized spacial score (nSPS) is 21.6. The summed E-state index contributed by atoms with van der Waals surface area (Å²) in [5.74, 6) is -5.12. The van der Waals surface area contributed by atoms with Crippen molar-refractivity contribution in [1.82, 2.24) is 0 Å². The molecule has 9 rings (SSSR count). The lowest BCUT2D eigenvalue weighted by Crippen LogP contribution is -2.48. The first kappa shape index (κ1) is 38.1. The maximum Gasteiger partial charge on any atom is 0.204 e. The lowest BCUT2D eigenvalue weighted by atomic mass is 9.79. The van der Waals surface area contributed by atoms with Crippen molar-refractivity contribution in [2.75, 3.05) is 14.2 Å². The fourth-order valence-corrected chi connectivity index (χ4v) is 8.32. The predicted octanol–water partition coefficient (Wildman–Crippen LogP) is 4.61. The molecule has 0 bridgehead atoms. The van der Waals surface area contributed by atoms with Crippen LogP contribution in [0.3, 0.4) is 0 Å². The Labute approximate surface area is 337 Å². The highest BCUT2D eigenvalue weighted by molar-refractivity contribution is 6.06. The number of carbonyl (C=O) groups is 2. The highest BCUT2D eigenvalue weighted by Gasteiger charge is 2.42. The number of allylic oxidation sites excluding steroid dienone is 1. The van der Waals surface area contributed by atoms with Crippen LogP contribution in [0.15, 0.2) is 84.3 Å². The number of phenolic OH excluding ortho intramolecular Hbond substituents is 2. The molecule has 5 atom stereocenters. The first-order chi connectivity index (χ1) is 28.6. The molecule has 1 aliphatic heterocycles. The third kappa shape index (κ3) is 5.94. The number of ketones is 2. The molecule has 3 aliphatic carbocycles. The summed E-state index contributed by atoms with van der Waals surface area (Å²) >= 11 is 0. The number of aliphatic hydroxyl groups excluding tert-OH is 3. The third-order valence-electron chi connectivity index (χ3n) is 11.0. The summed E-state index contributed by atoms with van der Waals surface area (Å²) in [5, 5.41) is 52.3. The Bertz CT molecular complexity index is 3110. The summed E-state index contributed by atoms with van der Waals surface area (Å²) in [5.41, 5.74) is -1.32. The predicted molar refractivity (Wildman–Crippen MR) is 211 cm³/mol. The molecule has 2 aromatic heterocycles. The van der Waals surface area contributed by atoms with Gasteiger partial charge in [-0.15, -0.1) is 0 Å². The number of aliphatic hydroxyl groups is 3. The summed E-state index contributed by atoms with van der Waals surface area (Å²) in [6.07, 6.45) is 3.22. The SMILES string of the molecule is COC1=CC2C(=O)c3c(Oc4cc5oc6cc(O)cc(OC7=Cc8oc9c(c(=O)c8C(C)C7C(C)=O)=C(O)CC(O)C=9)c6c(=O)c5cc4OC)cc(O)cc3OC2C=C1O. The zero-order valence-electron chi connectivity index (χ0n) is 32.1. The second-order valence-corrected chi connectivity index (χ2v) is 14.8. The van der Waals surface area contributed by atoms with E-state index in [0.29, 0.717) is 0 Å². The Kier molecular flexibility index (Phi) is 8.78. The molecule has 0 radical (unpaired) electrons. The van der Waals surface area contributed by atoms with E-state index in [9.17, 15) is 44.7 Å². The Balaban J connectivity index is 1.14. The van der Waals surface area contributed by atoms with Crippen LogP contribution in [0.25, 0.3) is 39.8 Å². The van der Waals surface area contributed by atoms with Crippen LogP contribution < -0.4 is 40.4 Å². The average Bonchev–Trinajstić information content (AvgIpc) is 3.16. The number of rotatable bonds is 7. The molecule has 306 valence electrons. The van der Waals surface area contributed by atoms with E-state index >= 15 is 0 Å². The van der Waals surface area contributed by atoms with Gasteiger partial charge in [-0.1, -0.05) is 6.92 Å². The lowest BCUT2D eigenvalue weighted by Gasteiger charge is -2.32. The number of benzene rings is 3. The fourth-order valence-electron chi connectivity index (χ4n) is 8.32. The van der Waals surface area contributed by atoms with Gasteiger partial charge in [0.2, 0.25) is 5.43 Å². The Morgan fingerprint density at radius 1 is 0.800 bits per heavy atom. The van der Waals surface area contributed by atoms with Crippen LogP contribution in [-0.2, 0) is 9.53 Å². The second kappa shape index (κ2) is 13.8. The van der Waals surface area contributed by atoms with Gasteiger partial charge < -0.3 is 58.1 Å². The molecule has 3 aromatic carbocycles. The second-order valence-electron chi connectivity index (χ2n) is 14.8. The van der Waals surface area contributed by atoms with E-state index in [1.807, 2.05) is 0 Å². The van der Waals surface area contributed by atoms with Gasteiger partial charge in [-0.25, -0.2) is 0 Å². The monoisotopic (exact) mass is 818 g/mol. The largest absolute Gasteiger partial charge is 0.511 e. The van der Waals surface area contributed by atoms with Crippen molar-refractivity contribution in [3.63, 3.8) is 0 Å². The van der Waals surface area contributed by atoms with Gasteiger partial charge in [0.05, 0.1) is 37.5 Å². The number of phenols is 2. The summed E-state index contributed by atoms with van der Waals surface area (Å²) in [6.45, 7) is 2.93. The Morgan fingerprint density at radius 2 is 1.55 bits per heavy atom. The van der Waals surface area contributed by atoms with Crippen molar-refractivity contribution in [1.29, 1.82) is 0 Å². The number of fused-ring (bicyclic) bond motifs is 6. The van der Waals surface area contributed by atoms with Crippen molar-refractivity contribution in [2.45, 2.75) is 38.4 Å². The van der Waals surface area contributed by atoms with E-state index in [1.165, 1.54) is 81.8 Å². The lowest BCUT2D eigenvalue weighted by molar-refractivity contribution is -0.120. The van der Waals surface area contributed by atoms with E-state index in [2.05, 4.69) is 0 Å². The fraction of sp³-hybridized carbons (Fsp3) is 0.227. The summed E-state index contributed by atoms with van der Waals surface area (Å²) in [6, 6.07) is 7.47. The molecule has 5 N–H and O–H groups in total. The van der Waals surface area contributed by atoms with Crippen molar-refractivity contribution < 1.29 is 67.6 Å². The highest BCUT2D eigenvalue weighted by Crippen LogP contribution is 2.46. The minimum atomic E-state index is -1.10. The first-order valence-electron chi connectivity index (χ1n) is 18.6. The van der Waals surface area contributed by atoms with Gasteiger partial charge >= 0.3 is 0 Å². The number of hydrogen-bond donors (Lipinski definition) is 5. The van der Waals surface area contributed by atoms with Crippen LogP contribution in [0.1, 0.15) is 47.9 Å². The highest BCUT2D eigenvalue weighted by atomic mass is 16.5. The van der Waals surface area contributed by atoms with Crippen LogP contribution in [-0.4, -0.2) is 63.5 Å². The van der Waals surface area contributed by atoms with Crippen LogP contribution >= 0.6 is 0 Å². The van der Waals surface area contributed by atoms with E-state index < -0.39 is 52.4 Å². The minimum absolute atomic E-state index is 0.00994. The molecule has 0 saturated heterocycles. The van der Waals surface area contributed by atoms with Crippen molar-refractivity contribution in [3.05, 3.63) is 114 Å². The van der Waals surface area contributed by atoms with Gasteiger partial charge in [0.1, 0.15) is 90.7 Å². The van der Waals surface area contributed by atoms with Gasteiger partial charge in [-0.3, -0.25) is 19.2 Å². The summed E-state index contributed by atoms with van der Waals surface area (Å²) in [4.78, 5) is 55.1. The summed E-state index contributed by atoms with van der Waals surface area (Å²) < 4.78 is 41.4. The molecule has 5 unspecified atom stereocenters. The number of Topliss-reactive ketones (excluding diaryl/α,β-unsaturated/α-hetero) is 2. The van der Waals surface area contributed by atoms with Gasteiger partial charge in [-0.2, -0.15) is 0 Å². The number of hydrogen-bond acceptors (Lipinski definition) is 16. The number of aromatic hydroxyl groups is 2. The van der Waals surface area contributed by atoms with Crippen LogP contribution in [0.4, 0.5) is 0 Å². The molecular weight excluding hydrogens is 784 g/mol. The molecule has 0 amide bonds. The quantitative estimate of drug-likeness (QED) is 0.141. The third-order valence-corrected chi connectivity index (χ3v) is 11.0. The number of methoxy groups -OCH3 is 2. The molecular formula is C44H34O16. The molecule has 16 heteroatoms. The molecule has 3 heterocycles. The molecule has 0 spiro atoms. The maximum absolute atomic E-state index is 14.4. The van der Waals surface area contributed by atoms with E-state index in [1.54, 1.807) is 6.92 Å². The van der Waals surface area contributed by atoms with Crippen molar-refractivity contribution >= 4 is 51.4 Å². The van der Waals surface area contributed by atoms with Gasteiger partial charge in [0.15, 0.2) is 34.2 Å². The van der Waals surface area contributed by atoms with Crippen LogP contribution in [0.2, 0.25) is 0 Å².